The first-order valence-corrected chi connectivity index (χ1v) is 11.0. The second kappa shape index (κ2) is 6.79. The predicted octanol–water partition coefficient (Wildman–Crippen LogP) is 2.41. The summed E-state index contributed by atoms with van der Waals surface area (Å²) < 4.78 is 28.0. The number of nitrogens with zero attached hydrogens (tertiary/aromatic N) is 5. The molecule has 144 valence electrons. The molecule has 3 heterocycles. The minimum absolute atomic E-state index is 0.271. The maximum absolute atomic E-state index is 13.2. The molecule has 0 spiro atoms. The van der Waals surface area contributed by atoms with Gasteiger partial charge >= 0.3 is 0 Å². The van der Waals surface area contributed by atoms with Crippen LogP contribution in [-0.2, 0) is 10.0 Å². The van der Waals surface area contributed by atoms with Gasteiger partial charge in [-0.3, -0.25) is 4.98 Å². The lowest BCUT2D eigenvalue weighted by Crippen LogP contribution is -2.49. The summed E-state index contributed by atoms with van der Waals surface area (Å²) in [4.78, 5) is 6.66. The molecule has 0 amide bonds. The van der Waals surface area contributed by atoms with E-state index in [4.69, 9.17) is 0 Å². The van der Waals surface area contributed by atoms with Crippen LogP contribution in [0.25, 0.3) is 10.9 Å². The van der Waals surface area contributed by atoms with Gasteiger partial charge in [0, 0.05) is 43.7 Å². The Morgan fingerprint density at radius 2 is 1.68 bits per heavy atom. The number of fused-ring (bicyclic) bond motifs is 1. The Kier molecular flexibility index (Phi) is 4.25. The van der Waals surface area contributed by atoms with Crippen LogP contribution >= 0.6 is 0 Å². The smallest absolute Gasteiger partial charge is 0.245 e. The van der Waals surface area contributed by atoms with Crippen LogP contribution in [0.4, 0.5) is 5.82 Å². The summed E-state index contributed by atoms with van der Waals surface area (Å²) in [5.74, 6) is 1.39. The molecule has 1 aliphatic heterocycles. The first kappa shape index (κ1) is 17.5. The van der Waals surface area contributed by atoms with Gasteiger partial charge in [0.1, 0.15) is 4.90 Å². The number of piperazine rings is 1. The molecule has 1 saturated carbocycles. The zero-order valence-corrected chi connectivity index (χ0v) is 16.2. The predicted molar refractivity (Wildman–Crippen MR) is 107 cm³/mol. The lowest BCUT2D eigenvalue weighted by atomic mass is 10.2. The molecule has 0 unspecified atom stereocenters. The summed E-state index contributed by atoms with van der Waals surface area (Å²) in [6.07, 6.45) is 4.03. The molecular weight excluding hydrogens is 374 g/mol. The quantitative estimate of drug-likeness (QED) is 0.675. The molecule has 1 saturated heterocycles. The monoisotopic (exact) mass is 395 g/mol. The molecule has 0 bridgehead atoms. The highest BCUT2D eigenvalue weighted by Crippen LogP contribution is 2.38. The fourth-order valence-electron chi connectivity index (χ4n) is 3.68. The Morgan fingerprint density at radius 3 is 2.39 bits per heavy atom. The lowest BCUT2D eigenvalue weighted by Gasteiger charge is -2.34. The minimum atomic E-state index is -3.60. The van der Waals surface area contributed by atoms with Gasteiger partial charge in [-0.05, 0) is 37.1 Å². The summed E-state index contributed by atoms with van der Waals surface area (Å²) in [5, 5.41) is 9.51. The normalized spacial score (nSPS) is 18.5. The average molecular weight is 395 g/mol. The third kappa shape index (κ3) is 3.12. The standard InChI is InChI=1S/C20H21N5O2S/c26-28(27,18-5-1-3-16-4-2-10-21-20(16)18)25-13-11-24(12-14-25)19-9-8-17(22-23-19)15-6-7-15/h1-5,8-10,15H,6-7,11-14H2. The van der Waals surface area contributed by atoms with Gasteiger partial charge in [-0.1, -0.05) is 18.2 Å². The number of pyridine rings is 1. The first-order chi connectivity index (χ1) is 13.6. The number of aromatic nitrogens is 3. The van der Waals surface area contributed by atoms with Crippen LogP contribution < -0.4 is 4.90 Å². The molecular formula is C20H21N5O2S. The van der Waals surface area contributed by atoms with E-state index in [9.17, 15) is 8.42 Å². The Labute approximate surface area is 164 Å². The van der Waals surface area contributed by atoms with Crippen LogP contribution in [0.5, 0.6) is 0 Å². The van der Waals surface area contributed by atoms with Crippen molar-refractivity contribution in [2.45, 2.75) is 23.7 Å². The average Bonchev–Trinajstić information content (AvgIpc) is 3.59. The largest absolute Gasteiger partial charge is 0.352 e. The SMILES string of the molecule is O=S(=O)(c1cccc2cccnc12)N1CCN(c2ccc(C3CC3)nn2)CC1. The number of para-hydroxylation sites is 1. The van der Waals surface area contributed by atoms with E-state index < -0.39 is 10.0 Å². The molecule has 2 aromatic heterocycles. The highest BCUT2D eigenvalue weighted by Gasteiger charge is 2.31. The van der Waals surface area contributed by atoms with Crippen LogP contribution in [0.2, 0.25) is 0 Å². The van der Waals surface area contributed by atoms with Gasteiger partial charge in [-0.2, -0.15) is 9.40 Å². The van der Waals surface area contributed by atoms with Crippen molar-refractivity contribution < 1.29 is 8.42 Å². The van der Waals surface area contributed by atoms with Gasteiger partial charge in [0.05, 0.1) is 11.2 Å². The molecule has 8 heteroatoms. The second-order valence-electron chi connectivity index (χ2n) is 7.31. The second-order valence-corrected chi connectivity index (χ2v) is 9.22. The van der Waals surface area contributed by atoms with Crippen LogP contribution in [0.15, 0.2) is 53.6 Å². The van der Waals surface area contributed by atoms with Crippen LogP contribution in [0.3, 0.4) is 0 Å². The van der Waals surface area contributed by atoms with Crippen molar-refractivity contribution in [1.82, 2.24) is 19.5 Å². The molecule has 0 atom stereocenters. The van der Waals surface area contributed by atoms with Crippen molar-refractivity contribution in [1.29, 1.82) is 0 Å². The Hall–Kier alpha value is -2.58. The summed E-state index contributed by atoms with van der Waals surface area (Å²) in [7, 11) is -3.60. The van der Waals surface area contributed by atoms with E-state index in [0.717, 1.165) is 16.9 Å². The van der Waals surface area contributed by atoms with E-state index in [-0.39, 0.29) is 4.90 Å². The molecule has 7 nitrogen and oxygen atoms in total. The number of hydrogen-bond acceptors (Lipinski definition) is 6. The molecule has 2 fully saturated rings. The van der Waals surface area contributed by atoms with Gasteiger partial charge in [-0.25, -0.2) is 8.42 Å². The van der Waals surface area contributed by atoms with Gasteiger partial charge in [-0.15, -0.1) is 5.10 Å². The molecule has 1 aliphatic carbocycles. The lowest BCUT2D eigenvalue weighted by molar-refractivity contribution is 0.383. The third-order valence-corrected chi connectivity index (χ3v) is 7.37. The highest BCUT2D eigenvalue weighted by atomic mass is 32.2. The van der Waals surface area contributed by atoms with E-state index in [1.165, 1.54) is 12.8 Å². The van der Waals surface area contributed by atoms with Crippen molar-refractivity contribution in [2.24, 2.45) is 0 Å². The van der Waals surface area contributed by atoms with Gasteiger partial charge in [0.2, 0.25) is 10.0 Å². The highest BCUT2D eigenvalue weighted by molar-refractivity contribution is 7.89. The summed E-state index contributed by atoms with van der Waals surface area (Å²) in [6.45, 7) is 2.01. The summed E-state index contributed by atoms with van der Waals surface area (Å²) >= 11 is 0. The Morgan fingerprint density at radius 1 is 0.893 bits per heavy atom. The van der Waals surface area contributed by atoms with Gasteiger partial charge < -0.3 is 4.90 Å². The third-order valence-electron chi connectivity index (χ3n) is 5.44. The number of hydrogen-bond donors (Lipinski definition) is 0. The fraction of sp³-hybridized carbons (Fsp3) is 0.350. The molecule has 0 N–H and O–H groups in total. The summed E-state index contributed by atoms with van der Waals surface area (Å²) in [5.41, 5.74) is 1.59. The number of sulfonamides is 1. The molecule has 5 rings (SSSR count). The fourth-order valence-corrected chi connectivity index (χ4v) is 5.27. The van der Waals surface area contributed by atoms with Crippen molar-refractivity contribution >= 4 is 26.7 Å². The van der Waals surface area contributed by atoms with E-state index in [1.54, 1.807) is 22.6 Å². The zero-order valence-electron chi connectivity index (χ0n) is 15.4. The van der Waals surface area contributed by atoms with Crippen molar-refractivity contribution in [3.05, 3.63) is 54.4 Å². The summed E-state index contributed by atoms with van der Waals surface area (Å²) in [6, 6.07) is 13.0. The van der Waals surface area contributed by atoms with Crippen LogP contribution in [0.1, 0.15) is 24.5 Å². The molecule has 0 radical (unpaired) electrons. The van der Waals surface area contributed by atoms with Crippen molar-refractivity contribution in [2.75, 3.05) is 31.1 Å². The van der Waals surface area contributed by atoms with Crippen molar-refractivity contribution in [3.63, 3.8) is 0 Å². The van der Waals surface area contributed by atoms with Crippen LogP contribution in [0, 0.1) is 0 Å². The Balaban J connectivity index is 1.34. The first-order valence-electron chi connectivity index (χ1n) is 9.55. The van der Waals surface area contributed by atoms with E-state index in [1.807, 2.05) is 30.3 Å². The Bertz CT molecular complexity index is 1100. The molecule has 28 heavy (non-hydrogen) atoms. The van der Waals surface area contributed by atoms with Crippen LogP contribution in [-0.4, -0.2) is 54.1 Å². The topological polar surface area (TPSA) is 79.3 Å². The zero-order chi connectivity index (χ0) is 19.1. The minimum Gasteiger partial charge on any atom is -0.352 e. The van der Waals surface area contributed by atoms with Gasteiger partial charge in [0.15, 0.2) is 5.82 Å². The number of anilines is 1. The van der Waals surface area contributed by atoms with Crippen molar-refractivity contribution in [3.8, 4) is 0 Å². The van der Waals surface area contributed by atoms with Gasteiger partial charge in [0.25, 0.3) is 0 Å². The van der Waals surface area contributed by atoms with E-state index >= 15 is 0 Å². The molecule has 1 aromatic carbocycles. The maximum atomic E-state index is 13.2. The molecule has 2 aliphatic rings. The van der Waals surface area contributed by atoms with E-state index in [0.29, 0.717) is 37.6 Å². The number of rotatable bonds is 4. The molecule has 3 aromatic rings. The maximum Gasteiger partial charge on any atom is 0.245 e. The number of benzene rings is 1. The van der Waals surface area contributed by atoms with E-state index in [2.05, 4.69) is 20.1 Å².